The van der Waals surface area contributed by atoms with Crippen LogP contribution in [0.5, 0.6) is 11.5 Å². The largest absolute Gasteiger partial charge is 0.457 e. The predicted octanol–water partition coefficient (Wildman–Crippen LogP) is 8.19. The van der Waals surface area contributed by atoms with Crippen molar-refractivity contribution in [2.45, 2.75) is 57.1 Å². The standard InChI is InChI=1S/C41H42ClN3O5S/c1-30-15-25-37(26-16-30)51(48,49)45(34-21-23-36(24-22-34)50-35-13-9-6-10-14-35)29-39(46)44(28-32-17-19-33(42)20-18-32)38(40(47)43-41(2,3)4)27-31-11-7-5-8-12-31/h5-26,38H,27-29H2,1-4H3,(H,43,47)/t38-/m0/s1. The number of para-hydroxylation sites is 1. The monoisotopic (exact) mass is 723 g/mol. The molecule has 0 aliphatic carbocycles. The molecule has 8 nitrogen and oxygen atoms in total. The molecule has 5 aromatic rings. The molecule has 0 aromatic heterocycles. The SMILES string of the molecule is Cc1ccc(S(=O)(=O)N(CC(=O)N(Cc2ccc(Cl)cc2)[C@@H](Cc2ccccc2)C(=O)NC(C)(C)C)c2ccc(Oc3ccccc3)cc2)cc1. The number of hydrogen-bond donors (Lipinski definition) is 1. The zero-order valence-corrected chi connectivity index (χ0v) is 30.7. The maximum absolute atomic E-state index is 14.7. The van der Waals surface area contributed by atoms with E-state index in [9.17, 15) is 18.0 Å². The molecule has 0 fully saturated rings. The number of halogens is 1. The lowest BCUT2D eigenvalue weighted by Gasteiger charge is -2.35. The average Bonchev–Trinajstić information content (AvgIpc) is 3.10. The smallest absolute Gasteiger partial charge is 0.264 e. The summed E-state index contributed by atoms with van der Waals surface area (Å²) in [5, 5.41) is 3.57. The zero-order chi connectivity index (χ0) is 36.6. The van der Waals surface area contributed by atoms with Gasteiger partial charge in [-0.3, -0.25) is 13.9 Å². The molecule has 2 amide bonds. The molecule has 0 radical (unpaired) electrons. The summed E-state index contributed by atoms with van der Waals surface area (Å²) >= 11 is 6.19. The number of sulfonamides is 1. The Morgan fingerprint density at radius 1 is 0.745 bits per heavy atom. The lowest BCUT2D eigenvalue weighted by atomic mass is 10.0. The third-order valence-electron chi connectivity index (χ3n) is 8.03. The van der Waals surface area contributed by atoms with Crippen LogP contribution >= 0.6 is 11.6 Å². The van der Waals surface area contributed by atoms with Crippen LogP contribution in [-0.4, -0.2) is 43.3 Å². The van der Waals surface area contributed by atoms with E-state index in [1.54, 1.807) is 60.7 Å². The third-order valence-corrected chi connectivity index (χ3v) is 10.1. The number of anilines is 1. The highest BCUT2D eigenvalue weighted by atomic mass is 35.5. The second-order valence-electron chi connectivity index (χ2n) is 13.3. The van der Waals surface area contributed by atoms with Crippen LogP contribution in [0.15, 0.2) is 138 Å². The number of ether oxygens (including phenoxy) is 1. The van der Waals surface area contributed by atoms with E-state index < -0.39 is 34.1 Å². The molecule has 0 saturated carbocycles. The number of hydrogen-bond acceptors (Lipinski definition) is 5. The van der Waals surface area contributed by atoms with Crippen molar-refractivity contribution >= 4 is 39.1 Å². The van der Waals surface area contributed by atoms with Gasteiger partial charge in [0.2, 0.25) is 11.8 Å². The number of benzene rings is 5. The molecule has 0 aliphatic heterocycles. The quantitative estimate of drug-likeness (QED) is 0.132. The number of rotatable bonds is 13. The fourth-order valence-electron chi connectivity index (χ4n) is 5.46. The van der Waals surface area contributed by atoms with Crippen LogP contribution in [0.25, 0.3) is 0 Å². The van der Waals surface area contributed by atoms with Crippen molar-refractivity contribution in [1.82, 2.24) is 10.2 Å². The predicted molar refractivity (Wildman–Crippen MR) is 203 cm³/mol. The number of carbonyl (C=O) groups is 2. The van der Waals surface area contributed by atoms with Crippen molar-refractivity contribution in [3.8, 4) is 11.5 Å². The van der Waals surface area contributed by atoms with Gasteiger partial charge >= 0.3 is 0 Å². The molecule has 1 N–H and O–H groups in total. The molecule has 264 valence electrons. The third kappa shape index (κ3) is 10.2. The topological polar surface area (TPSA) is 96.0 Å². The highest BCUT2D eigenvalue weighted by molar-refractivity contribution is 7.92. The van der Waals surface area contributed by atoms with Crippen LogP contribution in [0.3, 0.4) is 0 Å². The van der Waals surface area contributed by atoms with Gasteiger partial charge in [0, 0.05) is 23.5 Å². The van der Waals surface area contributed by atoms with Gasteiger partial charge in [-0.05, 0) is 99.5 Å². The van der Waals surface area contributed by atoms with Crippen molar-refractivity contribution in [3.05, 3.63) is 155 Å². The molecule has 5 aromatic carbocycles. The van der Waals surface area contributed by atoms with Crippen LogP contribution in [0.4, 0.5) is 5.69 Å². The normalized spacial score (nSPS) is 12.1. The van der Waals surface area contributed by atoms with Crippen molar-refractivity contribution in [2.75, 3.05) is 10.8 Å². The first-order chi connectivity index (χ1) is 24.3. The molecule has 10 heteroatoms. The van der Waals surface area contributed by atoms with Crippen molar-refractivity contribution in [1.29, 1.82) is 0 Å². The van der Waals surface area contributed by atoms with E-state index in [0.717, 1.165) is 21.0 Å². The van der Waals surface area contributed by atoms with Gasteiger partial charge in [-0.1, -0.05) is 90.0 Å². The first kappa shape index (κ1) is 37.1. The summed E-state index contributed by atoms with van der Waals surface area (Å²) < 4.78 is 35.8. The van der Waals surface area contributed by atoms with Crippen molar-refractivity contribution < 1.29 is 22.7 Å². The van der Waals surface area contributed by atoms with Gasteiger partial charge < -0.3 is 15.0 Å². The molecule has 0 spiro atoms. The van der Waals surface area contributed by atoms with E-state index in [2.05, 4.69) is 5.32 Å². The highest BCUT2D eigenvalue weighted by Crippen LogP contribution is 2.29. The fourth-order valence-corrected chi connectivity index (χ4v) is 7.00. The van der Waals surface area contributed by atoms with Gasteiger partial charge in [0.1, 0.15) is 24.1 Å². The minimum Gasteiger partial charge on any atom is -0.457 e. The summed E-state index contributed by atoms with van der Waals surface area (Å²) in [7, 11) is -4.26. The molecule has 1 atom stereocenters. The first-order valence-electron chi connectivity index (χ1n) is 16.6. The van der Waals surface area contributed by atoms with Gasteiger partial charge in [-0.25, -0.2) is 8.42 Å². The van der Waals surface area contributed by atoms with Crippen molar-refractivity contribution in [3.63, 3.8) is 0 Å². The summed E-state index contributed by atoms with van der Waals surface area (Å²) in [5.41, 5.74) is 2.13. The molecule has 0 saturated heterocycles. The Labute approximate surface area is 305 Å². The molecule has 5 rings (SSSR count). The Kier molecular flexibility index (Phi) is 11.8. The van der Waals surface area contributed by atoms with Gasteiger partial charge in [0.25, 0.3) is 10.0 Å². The molecule has 0 unspecified atom stereocenters. The first-order valence-corrected chi connectivity index (χ1v) is 18.4. The zero-order valence-electron chi connectivity index (χ0n) is 29.1. The summed E-state index contributed by atoms with van der Waals surface area (Å²) in [6.07, 6.45) is 0.207. The Bertz CT molecular complexity index is 2020. The number of aryl methyl sites for hydroxylation is 1. The van der Waals surface area contributed by atoms with Crippen LogP contribution in [0, 0.1) is 6.92 Å². The van der Waals surface area contributed by atoms with E-state index in [1.165, 1.54) is 17.0 Å². The maximum Gasteiger partial charge on any atom is 0.264 e. The Balaban J connectivity index is 1.57. The van der Waals surface area contributed by atoms with Crippen LogP contribution in [0.2, 0.25) is 5.02 Å². The van der Waals surface area contributed by atoms with Gasteiger partial charge in [0.15, 0.2) is 0 Å². The van der Waals surface area contributed by atoms with E-state index >= 15 is 0 Å². The Morgan fingerprint density at radius 2 is 1.31 bits per heavy atom. The minimum atomic E-state index is -4.26. The van der Waals surface area contributed by atoms with E-state index in [1.807, 2.05) is 88.4 Å². The second-order valence-corrected chi connectivity index (χ2v) is 15.6. The van der Waals surface area contributed by atoms with E-state index in [0.29, 0.717) is 16.5 Å². The summed E-state index contributed by atoms with van der Waals surface area (Å²) in [5.74, 6) is 0.203. The maximum atomic E-state index is 14.7. The van der Waals surface area contributed by atoms with E-state index in [4.69, 9.17) is 16.3 Å². The van der Waals surface area contributed by atoms with E-state index in [-0.39, 0.29) is 29.5 Å². The van der Waals surface area contributed by atoms with Crippen LogP contribution in [-0.2, 0) is 32.6 Å². The number of carbonyl (C=O) groups excluding carboxylic acids is 2. The van der Waals surface area contributed by atoms with Crippen LogP contribution in [0.1, 0.15) is 37.5 Å². The van der Waals surface area contributed by atoms with Gasteiger partial charge in [-0.15, -0.1) is 0 Å². The van der Waals surface area contributed by atoms with Crippen molar-refractivity contribution in [2.24, 2.45) is 0 Å². The summed E-state index contributed by atoms with van der Waals surface area (Å²) in [6.45, 7) is 6.95. The molecular weight excluding hydrogens is 682 g/mol. The number of nitrogens with zero attached hydrogens (tertiary/aromatic N) is 2. The highest BCUT2D eigenvalue weighted by Gasteiger charge is 2.35. The fraction of sp³-hybridized carbons (Fsp3) is 0.220. The molecule has 0 heterocycles. The van der Waals surface area contributed by atoms with Gasteiger partial charge in [0.05, 0.1) is 10.6 Å². The average molecular weight is 724 g/mol. The molecule has 0 bridgehead atoms. The Hall–Kier alpha value is -5.12. The van der Waals surface area contributed by atoms with Crippen LogP contribution < -0.4 is 14.4 Å². The molecule has 0 aliphatic rings. The summed E-state index contributed by atoms with van der Waals surface area (Å²) in [4.78, 5) is 30.3. The second kappa shape index (κ2) is 16.3. The lowest BCUT2D eigenvalue weighted by molar-refractivity contribution is -0.140. The molecule has 51 heavy (non-hydrogen) atoms. The number of amides is 2. The Morgan fingerprint density at radius 3 is 1.90 bits per heavy atom. The minimum absolute atomic E-state index is 0.0288. The summed E-state index contributed by atoms with van der Waals surface area (Å²) in [6, 6.07) is 37.7. The lowest BCUT2D eigenvalue weighted by Crippen LogP contribution is -2.56. The van der Waals surface area contributed by atoms with Gasteiger partial charge in [-0.2, -0.15) is 0 Å². The molecular formula is C41H42ClN3O5S. The number of nitrogens with one attached hydrogen (secondary N) is 1.